The van der Waals surface area contributed by atoms with Crippen molar-refractivity contribution in [3.05, 3.63) is 12.2 Å². The van der Waals surface area contributed by atoms with Gasteiger partial charge in [0.1, 0.15) is 0 Å². The fourth-order valence-corrected chi connectivity index (χ4v) is 10.1. The number of nitrogens with zero attached hydrogens (tertiary/aromatic N) is 2. The molecule has 3 saturated carbocycles. The van der Waals surface area contributed by atoms with Crippen molar-refractivity contribution in [1.29, 1.82) is 0 Å². The van der Waals surface area contributed by atoms with Crippen LogP contribution in [0.2, 0.25) is 0 Å². The molecule has 2 unspecified atom stereocenters. The Morgan fingerprint density at radius 3 is 2.31 bits per heavy atom. The lowest BCUT2D eigenvalue weighted by Gasteiger charge is -2.60. The quantitative estimate of drug-likeness (QED) is 0.167. The molecule has 4 heteroatoms. The molecule has 0 N–H and O–H groups in total. The van der Waals surface area contributed by atoms with E-state index in [2.05, 4.69) is 50.5 Å². The normalized spacial score (nSPS) is 35.6. The predicted octanol–water partition coefficient (Wildman–Crippen LogP) is 9.20. The van der Waals surface area contributed by atoms with E-state index in [0.717, 1.165) is 30.7 Å². The van der Waals surface area contributed by atoms with Crippen LogP contribution >= 0.6 is 12.2 Å². The lowest BCUT2D eigenvalue weighted by molar-refractivity contribution is -0.139. The first kappa shape index (κ1) is 31.0. The predicted molar refractivity (Wildman–Crippen MR) is 170 cm³/mol. The monoisotopic (exact) mass is 556 g/mol. The van der Waals surface area contributed by atoms with Crippen LogP contribution in [0.4, 0.5) is 0 Å². The Morgan fingerprint density at radius 2 is 1.64 bits per heavy atom. The number of unbranched alkanes of at least 4 members (excludes halogenated alkanes) is 8. The van der Waals surface area contributed by atoms with Crippen molar-refractivity contribution in [2.24, 2.45) is 34.5 Å². The third kappa shape index (κ3) is 6.46. The molecular formula is C35H60N2OS. The lowest BCUT2D eigenvalue weighted by atomic mass is 9.47. The van der Waals surface area contributed by atoms with E-state index in [0.29, 0.717) is 23.4 Å². The second-order valence-corrected chi connectivity index (χ2v) is 15.1. The van der Waals surface area contributed by atoms with Crippen LogP contribution in [-0.2, 0) is 4.79 Å². The molecule has 39 heavy (non-hydrogen) atoms. The highest BCUT2D eigenvalue weighted by molar-refractivity contribution is 7.80. The minimum atomic E-state index is 0.145. The molecule has 1 heterocycles. The highest BCUT2D eigenvalue weighted by Gasteiger charge is 2.60. The molecule has 3 nitrogen and oxygen atoms in total. The minimum Gasteiger partial charge on any atom is -0.363 e. The molecular weight excluding hydrogens is 496 g/mol. The summed E-state index contributed by atoms with van der Waals surface area (Å²) in [7, 11) is 2.03. The zero-order chi connectivity index (χ0) is 28.2. The van der Waals surface area contributed by atoms with E-state index in [1.54, 1.807) is 0 Å². The molecule has 0 bridgehead atoms. The Kier molecular flexibility index (Phi) is 10.7. The van der Waals surface area contributed by atoms with Crippen LogP contribution in [-0.4, -0.2) is 46.4 Å². The number of carbonyl (C=O) groups is 1. The summed E-state index contributed by atoms with van der Waals surface area (Å²) in [5.41, 5.74) is 0.580. The van der Waals surface area contributed by atoms with Crippen molar-refractivity contribution >= 4 is 23.1 Å². The van der Waals surface area contributed by atoms with E-state index in [-0.39, 0.29) is 11.3 Å². The summed E-state index contributed by atoms with van der Waals surface area (Å²) in [5, 5.41) is 0. The van der Waals surface area contributed by atoms with Gasteiger partial charge in [-0.25, -0.2) is 0 Å². The maximum atomic E-state index is 12.4. The van der Waals surface area contributed by atoms with E-state index in [4.69, 9.17) is 12.2 Å². The van der Waals surface area contributed by atoms with Gasteiger partial charge in [-0.2, -0.15) is 0 Å². The molecule has 7 atom stereocenters. The molecule has 4 rings (SSSR count). The lowest BCUT2D eigenvalue weighted by Crippen LogP contribution is -2.59. The van der Waals surface area contributed by atoms with E-state index < -0.39 is 0 Å². The Balaban J connectivity index is 1.31. The van der Waals surface area contributed by atoms with Crippen LogP contribution in [0.3, 0.4) is 0 Å². The highest BCUT2D eigenvalue weighted by Crippen LogP contribution is 2.65. The molecule has 1 amide bonds. The Morgan fingerprint density at radius 1 is 0.974 bits per heavy atom. The highest BCUT2D eigenvalue weighted by atomic mass is 32.1. The van der Waals surface area contributed by atoms with Gasteiger partial charge in [-0.3, -0.25) is 4.79 Å². The molecule has 3 fully saturated rings. The molecule has 0 radical (unpaired) electrons. The van der Waals surface area contributed by atoms with Gasteiger partial charge in [0.25, 0.3) is 0 Å². The van der Waals surface area contributed by atoms with Gasteiger partial charge < -0.3 is 9.80 Å². The molecule has 0 aromatic carbocycles. The summed E-state index contributed by atoms with van der Waals surface area (Å²) in [6.07, 6.45) is 25.5. The molecule has 222 valence electrons. The first-order chi connectivity index (χ1) is 18.6. The fourth-order valence-electron chi connectivity index (χ4n) is 9.72. The first-order valence-electron chi connectivity index (χ1n) is 16.9. The third-order valence-corrected chi connectivity index (χ3v) is 12.6. The summed E-state index contributed by atoms with van der Waals surface area (Å²) in [6.45, 7) is 13.3. The van der Waals surface area contributed by atoms with E-state index in [1.807, 2.05) is 13.1 Å². The van der Waals surface area contributed by atoms with Crippen LogP contribution in [0.25, 0.3) is 0 Å². The SMILES string of the molecule is CCCCCCCCCCCC(=S)N(CC1CC[C@H]2[C@@H]3CCC4N(C)C(=O)C=C[C@]4(C)[C@@H]3CC[C@]12C)C(C)C. The summed E-state index contributed by atoms with van der Waals surface area (Å²) in [6, 6.07) is 0.873. The standard InChI is InChI=1S/C35H60N2OS/c1-7-8-9-10-11-12-13-14-15-16-33(39)37(26(2)3)25-27-17-19-29-28-18-20-31-35(5,24-22-32(38)36(31)6)30(28)21-23-34(27,29)4/h22,24,26-31H,7-21,23,25H2,1-6H3/t27?,28-,29-,30+,31?,34+,35+/m0/s1. The number of hydrogen-bond acceptors (Lipinski definition) is 2. The van der Waals surface area contributed by atoms with Crippen LogP contribution < -0.4 is 0 Å². The number of thiocarbonyl (C=S) groups is 1. The number of amides is 1. The van der Waals surface area contributed by atoms with Gasteiger partial charge in [-0.05, 0) is 100 Å². The molecule has 0 aromatic heterocycles. The number of carbonyl (C=O) groups excluding carboxylic acids is 1. The number of rotatable bonds is 13. The maximum absolute atomic E-state index is 12.4. The minimum absolute atomic E-state index is 0.145. The Labute approximate surface area is 246 Å². The summed E-state index contributed by atoms with van der Waals surface area (Å²) >= 11 is 6.10. The van der Waals surface area contributed by atoms with Crippen LogP contribution in [0.5, 0.6) is 0 Å². The summed E-state index contributed by atoms with van der Waals surface area (Å²) in [4.78, 5) is 18.3. The van der Waals surface area contributed by atoms with Gasteiger partial charge >= 0.3 is 0 Å². The van der Waals surface area contributed by atoms with Crippen molar-refractivity contribution in [3.63, 3.8) is 0 Å². The Bertz CT molecular complexity index is 869. The van der Waals surface area contributed by atoms with Gasteiger partial charge in [0, 0.05) is 31.1 Å². The second-order valence-electron chi connectivity index (χ2n) is 14.7. The van der Waals surface area contributed by atoms with Crippen molar-refractivity contribution in [3.8, 4) is 0 Å². The largest absolute Gasteiger partial charge is 0.363 e. The second kappa shape index (κ2) is 13.4. The van der Waals surface area contributed by atoms with E-state index in [1.165, 1.54) is 101 Å². The Hall–Kier alpha value is -0.900. The molecule has 0 aromatic rings. The maximum Gasteiger partial charge on any atom is 0.246 e. The molecule has 3 aliphatic carbocycles. The van der Waals surface area contributed by atoms with Crippen molar-refractivity contribution in [2.45, 2.75) is 149 Å². The summed E-state index contributed by atoms with van der Waals surface area (Å²) in [5.74, 6) is 3.31. The molecule has 4 aliphatic rings. The smallest absolute Gasteiger partial charge is 0.246 e. The molecule has 0 saturated heterocycles. The average Bonchev–Trinajstić information content (AvgIpc) is 3.24. The number of hydrogen-bond donors (Lipinski definition) is 0. The number of likely N-dealkylation sites (N-methyl/N-ethyl adjacent to an activating group) is 1. The number of fused-ring (bicyclic) bond motifs is 5. The summed E-state index contributed by atoms with van der Waals surface area (Å²) < 4.78 is 0. The van der Waals surface area contributed by atoms with Crippen molar-refractivity contribution in [2.75, 3.05) is 13.6 Å². The van der Waals surface area contributed by atoms with E-state index >= 15 is 0 Å². The average molecular weight is 557 g/mol. The van der Waals surface area contributed by atoms with Crippen molar-refractivity contribution < 1.29 is 4.79 Å². The van der Waals surface area contributed by atoms with Crippen LogP contribution in [0.1, 0.15) is 137 Å². The van der Waals surface area contributed by atoms with Gasteiger partial charge in [-0.15, -0.1) is 0 Å². The van der Waals surface area contributed by atoms with Gasteiger partial charge in [0.05, 0.1) is 4.99 Å². The van der Waals surface area contributed by atoms with E-state index in [9.17, 15) is 4.79 Å². The van der Waals surface area contributed by atoms with Gasteiger partial charge in [0.2, 0.25) is 5.91 Å². The zero-order valence-corrected chi connectivity index (χ0v) is 27.2. The van der Waals surface area contributed by atoms with Gasteiger partial charge in [0.15, 0.2) is 0 Å². The topological polar surface area (TPSA) is 23.6 Å². The van der Waals surface area contributed by atoms with Gasteiger partial charge in [-0.1, -0.05) is 90.4 Å². The molecule has 0 spiro atoms. The van der Waals surface area contributed by atoms with Crippen LogP contribution in [0.15, 0.2) is 12.2 Å². The third-order valence-electron chi connectivity index (χ3n) is 12.2. The van der Waals surface area contributed by atoms with Crippen molar-refractivity contribution in [1.82, 2.24) is 9.80 Å². The van der Waals surface area contributed by atoms with Crippen LogP contribution in [0, 0.1) is 34.5 Å². The molecule has 1 aliphatic heterocycles. The zero-order valence-electron chi connectivity index (χ0n) is 26.4. The fraction of sp³-hybridized carbons (Fsp3) is 0.886. The first-order valence-corrected chi connectivity index (χ1v) is 17.3.